The topological polar surface area (TPSA) is 20.1 Å². The number of benzene rings is 4. The number of aromatic nitrogens is 1. The van der Waals surface area contributed by atoms with E-state index in [0.29, 0.717) is 23.7 Å². The second-order valence-electron chi connectivity index (χ2n) is 11.9. The summed E-state index contributed by atoms with van der Waals surface area (Å²) in [6.45, 7) is 18.2. The quantitative estimate of drug-likeness (QED) is 0.125. The summed E-state index contributed by atoms with van der Waals surface area (Å²) in [6, 6.07) is 13.9. The number of hydrogen-bond acceptors (Lipinski definition) is 0. The zero-order valence-corrected chi connectivity index (χ0v) is 28.2. The summed E-state index contributed by atoms with van der Waals surface area (Å²) in [6.07, 6.45) is 4.32. The molecule has 0 saturated carbocycles. The van der Waals surface area contributed by atoms with Crippen molar-refractivity contribution < 1.29 is 42.5 Å². The van der Waals surface area contributed by atoms with Gasteiger partial charge in [-0.15, -0.1) is 11.0 Å². The minimum absolute atomic E-state index is 0. The Morgan fingerprint density at radius 1 is 0.558 bits per heavy atom. The minimum Gasteiger partial charge on any atom is -0.657 e. The molecule has 1 aromatic heterocycles. The molecule has 2 heterocycles. The van der Waals surface area contributed by atoms with Gasteiger partial charge in [0.25, 0.3) is 12.4 Å². The van der Waals surface area contributed by atoms with Crippen LogP contribution in [0.4, 0.5) is 11.4 Å². The Kier molecular flexibility index (Phi) is 7.43. The van der Waals surface area contributed by atoms with Gasteiger partial charge in [0, 0.05) is 22.3 Å². The molecule has 0 unspecified atom stereocenters. The molecule has 43 heavy (non-hydrogen) atoms. The number of fused-ring (bicyclic) bond motifs is 3. The van der Waals surface area contributed by atoms with E-state index >= 15 is 0 Å². The van der Waals surface area contributed by atoms with Crippen molar-refractivity contribution in [1.29, 1.82) is 0 Å². The van der Waals surface area contributed by atoms with Gasteiger partial charge in [-0.2, -0.15) is 0 Å². The van der Waals surface area contributed by atoms with Gasteiger partial charge in [-0.05, 0) is 34.4 Å². The van der Waals surface area contributed by atoms with Crippen molar-refractivity contribution >= 4 is 39.2 Å². The van der Waals surface area contributed by atoms with Crippen molar-refractivity contribution in [3.05, 3.63) is 119 Å². The molecule has 0 fully saturated rings. The molecule has 0 radical (unpaired) electrons. The molecule has 224 valence electrons. The Hall–Kier alpha value is -3.46. The molecular weight excluding hydrogens is 707 g/mol. The van der Waals surface area contributed by atoms with Crippen LogP contribution in [0.1, 0.15) is 112 Å². The van der Waals surface area contributed by atoms with E-state index in [1.807, 2.05) is 0 Å². The molecule has 0 aliphatic carbocycles. The van der Waals surface area contributed by atoms with Crippen LogP contribution >= 0.6 is 0 Å². The Bertz CT molecular complexity index is 2060. The van der Waals surface area contributed by atoms with Crippen LogP contribution in [0.3, 0.4) is 0 Å². The van der Waals surface area contributed by atoms with Crippen LogP contribution in [0.2, 0.25) is 0 Å². The molecule has 1 aliphatic heterocycles. The summed E-state index contributed by atoms with van der Waals surface area (Å²) in [4.78, 5) is 4.02. The summed E-state index contributed by atoms with van der Waals surface area (Å²) in [5, 5.41) is 0.0611. The van der Waals surface area contributed by atoms with Gasteiger partial charge in [0.05, 0.1) is 11.0 Å². The van der Waals surface area contributed by atoms with Crippen molar-refractivity contribution in [2.24, 2.45) is 0 Å². The van der Waals surface area contributed by atoms with Gasteiger partial charge in [-0.1, -0.05) is 149 Å². The van der Waals surface area contributed by atoms with Gasteiger partial charge in [-0.25, -0.2) is 0 Å². The zero-order valence-electron chi connectivity index (χ0n) is 34.1. The van der Waals surface area contributed by atoms with Gasteiger partial charge >= 0.3 is 28.4 Å². The maximum Gasteiger partial charge on any atom is 1.00 e. The van der Waals surface area contributed by atoms with E-state index in [4.69, 9.17) is 11.0 Å². The second kappa shape index (κ2) is 13.9. The van der Waals surface area contributed by atoms with Gasteiger partial charge in [0.1, 0.15) is 0 Å². The third-order valence-electron chi connectivity index (χ3n) is 7.56. The molecule has 6 rings (SSSR count). The summed E-state index contributed by atoms with van der Waals surface area (Å²) in [5.74, 6) is 1.84. The van der Waals surface area contributed by atoms with Gasteiger partial charge in [0.2, 0.25) is 11.4 Å². The van der Waals surface area contributed by atoms with Gasteiger partial charge in [-0.3, -0.25) is 0 Å². The number of hydrogen-bond donors (Lipinski definition) is 0. The SMILES string of the molecule is CC(C)c1cccc(C(C)C)c1[N+]1=C=[N+](c2c(C(C)C)cccc2C(C)C)C=C1.[2H]c1c([2H])c([2H])c2c([n-]c3c([2H])c([2H])c([2H])c([2H])c32)c1[2H].[Au+]. The van der Waals surface area contributed by atoms with E-state index in [1.54, 1.807) is 0 Å². The Morgan fingerprint density at radius 2 is 0.884 bits per heavy atom. The van der Waals surface area contributed by atoms with Crippen molar-refractivity contribution in [3.8, 4) is 0 Å². The summed E-state index contributed by atoms with van der Waals surface area (Å²) in [7, 11) is 0. The first-order valence-corrected chi connectivity index (χ1v) is 14.7. The summed E-state index contributed by atoms with van der Waals surface area (Å²) >= 11 is 0. The van der Waals surface area contributed by atoms with Crippen molar-refractivity contribution in [3.63, 3.8) is 0 Å². The molecule has 0 spiro atoms. The van der Waals surface area contributed by atoms with Crippen molar-refractivity contribution in [2.45, 2.75) is 79.1 Å². The smallest absolute Gasteiger partial charge is 0.657 e. The summed E-state index contributed by atoms with van der Waals surface area (Å²) in [5.41, 5.74) is 7.97. The standard InChI is InChI=1S/C27H36N2.C12H8N.Au/c1-18(2)22-11-9-12-23(19(3)4)26(22)28-15-16-29(17-28)27-24(20(5)6)13-10-14-25(27)21(7)8;1-3-7-11-9(5-1)10-6-2-4-8-12(10)13-11;/h9-16,18-21H,1-8H3;1-8H;/q+2;-1;+1/i;1D,2D,3D,4D,5D,6D,7D,8D;. The molecule has 0 N–H and O–H groups in total. The second-order valence-corrected chi connectivity index (χ2v) is 11.9. The number of para-hydroxylation sites is 4. The maximum absolute atomic E-state index is 7.93. The molecule has 0 amide bonds. The average molecular weight is 760 g/mol. The number of nitrogens with zero attached hydrogens (tertiary/aromatic N) is 3. The Morgan fingerprint density at radius 3 is 1.21 bits per heavy atom. The van der Waals surface area contributed by atoms with Crippen LogP contribution in [0.5, 0.6) is 0 Å². The minimum atomic E-state index is -0.450. The first kappa shape index (κ1) is 23.0. The van der Waals surface area contributed by atoms with E-state index in [-0.39, 0.29) is 68.4 Å². The van der Waals surface area contributed by atoms with Crippen LogP contribution < -0.4 is 4.98 Å². The van der Waals surface area contributed by atoms with E-state index in [1.165, 1.54) is 33.6 Å². The third-order valence-corrected chi connectivity index (χ3v) is 7.56. The van der Waals surface area contributed by atoms with Gasteiger partial charge < -0.3 is 4.98 Å². The van der Waals surface area contributed by atoms with E-state index in [0.717, 1.165) is 0 Å². The predicted molar refractivity (Wildman–Crippen MR) is 178 cm³/mol. The first-order valence-electron chi connectivity index (χ1n) is 18.7. The monoisotopic (exact) mass is 759 g/mol. The zero-order chi connectivity index (χ0) is 36.9. The van der Waals surface area contributed by atoms with Gasteiger partial charge in [0.15, 0.2) is 0 Å². The van der Waals surface area contributed by atoms with Crippen LogP contribution in [0.25, 0.3) is 21.8 Å². The fourth-order valence-corrected chi connectivity index (χ4v) is 5.40. The largest absolute Gasteiger partial charge is 1.00 e. The normalized spacial score (nSPS) is 15.3. The first-order chi connectivity index (χ1) is 23.5. The van der Waals surface area contributed by atoms with Crippen molar-refractivity contribution in [2.75, 3.05) is 0 Å². The van der Waals surface area contributed by atoms with Crippen LogP contribution in [-0.4, -0.2) is 15.2 Å². The van der Waals surface area contributed by atoms with Crippen molar-refractivity contribution in [1.82, 2.24) is 4.98 Å². The average Bonchev–Trinajstić information content (AvgIpc) is 3.73. The van der Waals surface area contributed by atoms with E-state index in [9.17, 15) is 0 Å². The summed E-state index contributed by atoms with van der Waals surface area (Å²) < 4.78 is 66.6. The molecule has 4 aromatic carbocycles. The van der Waals surface area contributed by atoms with Crippen LogP contribution in [-0.2, 0) is 22.4 Å². The molecule has 5 aromatic rings. The van der Waals surface area contributed by atoms with E-state index < -0.39 is 24.2 Å². The fraction of sp³-hybridized carbons (Fsp3) is 0.308. The molecule has 4 heteroatoms. The number of rotatable bonds is 6. The maximum atomic E-state index is 7.93. The molecule has 0 saturated heterocycles. The van der Waals surface area contributed by atoms with Crippen LogP contribution in [0, 0.1) is 0 Å². The van der Waals surface area contributed by atoms with E-state index in [2.05, 4.69) is 124 Å². The molecule has 0 bridgehead atoms. The molecule has 3 nitrogen and oxygen atoms in total. The molecule has 1 aliphatic rings. The predicted octanol–water partition coefficient (Wildman–Crippen LogP) is 10.8. The third kappa shape index (κ3) is 6.71. The Balaban J connectivity index is 0.000000235. The molecule has 0 atom stereocenters. The molecular formula is C39H44AuN3+2. The van der Waals surface area contributed by atoms with Crippen LogP contribution in [0.15, 0.2) is 97.1 Å². The Labute approximate surface area is 284 Å². The fourth-order valence-electron chi connectivity index (χ4n) is 5.40.